The van der Waals surface area contributed by atoms with Crippen LogP contribution in [0.2, 0.25) is 0 Å². The lowest BCUT2D eigenvalue weighted by molar-refractivity contribution is -0.306. The maximum Gasteiger partial charge on any atom is 0.394 e. The molecule has 1 saturated carbocycles. The third-order valence-electron chi connectivity index (χ3n) is 8.37. The van der Waals surface area contributed by atoms with Gasteiger partial charge >= 0.3 is 31.2 Å². The maximum absolute atomic E-state index is 11.1. The highest BCUT2D eigenvalue weighted by Gasteiger charge is 2.54. The van der Waals surface area contributed by atoms with Crippen LogP contribution in [-0.2, 0) is 59.6 Å². The van der Waals surface area contributed by atoms with Crippen LogP contribution in [0.5, 0.6) is 0 Å². The van der Waals surface area contributed by atoms with E-state index in [2.05, 4.69) is 0 Å². The van der Waals surface area contributed by atoms with Crippen molar-refractivity contribution >= 4 is 31.2 Å². The Labute approximate surface area is 329 Å². The molecule has 0 amide bonds. The number of nitrogens with two attached hydrogens (primary N) is 6. The molecule has 3 aliphatic heterocycles. The molecule has 0 aromatic rings. The van der Waals surface area contributed by atoms with Crippen LogP contribution in [0.4, 0.5) is 0 Å². The predicted octanol–water partition coefficient (Wildman–Crippen LogP) is -11.7. The minimum absolute atomic E-state index is 0. The molecule has 32 nitrogen and oxygen atoms in total. The van der Waals surface area contributed by atoms with Crippen molar-refractivity contribution in [1.82, 2.24) is 0 Å². The van der Waals surface area contributed by atoms with E-state index < -0.39 is 154 Å². The third kappa shape index (κ3) is 18.4. The molecule has 350 valence electrons. The fourth-order valence-electron chi connectivity index (χ4n) is 5.74. The van der Waals surface area contributed by atoms with Gasteiger partial charge in [0.2, 0.25) is 0 Å². The summed E-state index contributed by atoms with van der Waals surface area (Å²) >= 11 is 0. The molecule has 1 unspecified atom stereocenters. The molecule has 0 bridgehead atoms. The van der Waals surface area contributed by atoms with Gasteiger partial charge in [0, 0.05) is 25.2 Å². The second-order valence-electron chi connectivity index (χ2n) is 12.6. The molecule has 1 aliphatic carbocycles. The zero-order valence-electron chi connectivity index (χ0n) is 29.7. The fraction of sp³-hybridized carbons (Fsp3) is 1.00. The van der Waals surface area contributed by atoms with Crippen LogP contribution in [0, 0.1) is 0 Å². The molecular weight excluding hydrogens is 872 g/mol. The van der Waals surface area contributed by atoms with E-state index in [1.807, 2.05) is 0 Å². The highest BCUT2D eigenvalue weighted by molar-refractivity contribution is 7.80. The zero-order chi connectivity index (χ0) is 44.5. The Bertz CT molecular complexity index is 1440. The molecule has 0 aromatic carbocycles. The van der Waals surface area contributed by atoms with E-state index in [0.29, 0.717) is 0 Å². The summed E-state index contributed by atoms with van der Waals surface area (Å²) in [5.41, 5.74) is 35.6. The van der Waals surface area contributed by atoms with Crippen molar-refractivity contribution in [2.24, 2.45) is 34.4 Å². The first-order valence-electron chi connectivity index (χ1n) is 16.0. The third-order valence-corrected chi connectivity index (χ3v) is 8.37. The number of ether oxygens (including phenoxy) is 6. The van der Waals surface area contributed by atoms with Crippen molar-refractivity contribution in [2.75, 3.05) is 19.7 Å². The summed E-state index contributed by atoms with van der Waals surface area (Å²) in [4.78, 5) is 0. The van der Waals surface area contributed by atoms with E-state index in [4.69, 9.17) is 115 Å². The normalized spacial score (nSPS) is 41.9. The van der Waals surface area contributed by atoms with E-state index in [9.17, 15) is 35.7 Å². The van der Waals surface area contributed by atoms with Gasteiger partial charge in [-0.3, -0.25) is 27.3 Å². The predicted molar refractivity (Wildman–Crippen MR) is 185 cm³/mol. The Kier molecular flexibility index (Phi) is 23.4. The zero-order valence-corrected chi connectivity index (χ0v) is 32.1. The van der Waals surface area contributed by atoms with Crippen LogP contribution in [-0.4, -0.2) is 230 Å². The SMILES string of the molecule is NC[C@@H]1O[C@H](O[C@H]2[C@@H](O)[C@H](O[C@@H]3[C@@H](O)[C@H](N)C[C@H](N)[C@H]3O[C@H]3O[C@H](CN)[C@@H](O)[C@H](O)[C@H]3N)O[C@@H]2CO)C(N)[C@@H](O)[C@@H]1O.O.O=S(=O)(O)O.O=S(=O)(O)O.O=S(=O)(O)O. The summed E-state index contributed by atoms with van der Waals surface area (Å²) in [5.74, 6) is 0. The van der Waals surface area contributed by atoms with Crippen molar-refractivity contribution in [3.8, 4) is 0 Å². The van der Waals surface area contributed by atoms with Gasteiger partial charge in [-0.2, -0.15) is 25.3 Å². The van der Waals surface area contributed by atoms with Crippen LogP contribution in [0.25, 0.3) is 0 Å². The van der Waals surface area contributed by atoms with Crippen LogP contribution in [0.1, 0.15) is 6.42 Å². The van der Waals surface area contributed by atoms with Gasteiger partial charge in [-0.25, -0.2) is 0 Å². The van der Waals surface area contributed by atoms with E-state index in [-0.39, 0.29) is 25.0 Å². The van der Waals surface area contributed by atoms with E-state index in [0.717, 1.165) is 0 Å². The minimum atomic E-state index is -4.67. The second kappa shape index (κ2) is 23.9. The van der Waals surface area contributed by atoms with E-state index in [1.165, 1.54) is 0 Å². The van der Waals surface area contributed by atoms with Gasteiger partial charge in [0.1, 0.15) is 67.1 Å². The monoisotopic (exact) mass is 926 g/mol. The van der Waals surface area contributed by atoms with Gasteiger partial charge in [-0.05, 0) is 6.42 Å². The molecular formula is C23H54N6O26S3. The van der Waals surface area contributed by atoms with Crippen molar-refractivity contribution in [3.63, 3.8) is 0 Å². The van der Waals surface area contributed by atoms with Crippen LogP contribution in [0.3, 0.4) is 0 Å². The topological polar surface area (TPSA) is 608 Å². The Hall–Kier alpha value is -1.19. The molecule has 0 radical (unpaired) electrons. The van der Waals surface area contributed by atoms with E-state index >= 15 is 0 Å². The molecule has 58 heavy (non-hydrogen) atoms. The largest absolute Gasteiger partial charge is 0.412 e. The van der Waals surface area contributed by atoms with Gasteiger partial charge in [-0.15, -0.1) is 0 Å². The average molecular weight is 927 g/mol. The van der Waals surface area contributed by atoms with Crippen LogP contribution < -0.4 is 34.4 Å². The van der Waals surface area contributed by atoms with Gasteiger partial charge < -0.3 is 104 Å². The number of rotatable bonds is 9. The lowest BCUT2D eigenvalue weighted by Crippen LogP contribution is -2.68. The summed E-state index contributed by atoms with van der Waals surface area (Å²) in [6.45, 7) is -0.967. The first-order chi connectivity index (χ1) is 25.8. The highest BCUT2D eigenvalue weighted by Crippen LogP contribution is 2.34. The summed E-state index contributed by atoms with van der Waals surface area (Å²) in [6.07, 6.45) is -19.8. The van der Waals surface area contributed by atoms with Crippen molar-refractivity contribution in [1.29, 1.82) is 0 Å². The summed E-state index contributed by atoms with van der Waals surface area (Å²) in [5, 5.41) is 73.0. The molecule has 4 aliphatic rings. The first kappa shape index (κ1) is 56.8. The Morgan fingerprint density at radius 3 is 1.16 bits per heavy atom. The van der Waals surface area contributed by atoms with Gasteiger partial charge in [0.15, 0.2) is 18.9 Å². The molecule has 19 atom stereocenters. The molecule has 4 rings (SSSR count). The molecule has 0 aromatic heterocycles. The standard InChI is InChI=1S/C23H46N6O13.3H2O4S.H2O/c24-2-7-13(32)15(34)10(28)21(37-7)40-18-6(27)1-5(26)12(31)20(18)42-23-17(36)19(9(4-30)39-23)41-22-11(29)16(35)14(33)8(3-25)38-22;3*1-5(2,3)4;/h5-23,30-36H,1-4,24-29H2;3*(H2,1,2,3,4);1H2/t5-,6+,7-,8+,9-,10-,11?,12+,13-,14-,15-,16-,17-,18-,19-,20-,21-,22-,23+;;;;/m1..../s1. The molecule has 27 N–H and O–H groups in total. The number of hydrogen-bond acceptors (Lipinski definition) is 25. The smallest absolute Gasteiger partial charge is 0.394 e. The van der Waals surface area contributed by atoms with Crippen molar-refractivity contribution in [3.05, 3.63) is 0 Å². The summed E-state index contributed by atoms with van der Waals surface area (Å²) in [7, 11) is -14.0. The lowest BCUT2D eigenvalue weighted by atomic mass is 9.84. The molecule has 35 heteroatoms. The number of aliphatic hydroxyl groups excluding tert-OH is 7. The number of aliphatic hydroxyl groups is 7. The number of hydrogen-bond donors (Lipinski definition) is 19. The molecule has 0 spiro atoms. The molecule has 3 heterocycles. The van der Waals surface area contributed by atoms with E-state index in [1.54, 1.807) is 0 Å². The summed E-state index contributed by atoms with van der Waals surface area (Å²) < 4.78 is 129. The Morgan fingerprint density at radius 2 is 0.810 bits per heavy atom. The van der Waals surface area contributed by atoms with Crippen molar-refractivity contribution in [2.45, 2.75) is 123 Å². The van der Waals surface area contributed by atoms with Crippen molar-refractivity contribution < 1.29 is 122 Å². The van der Waals surface area contributed by atoms with Gasteiger partial charge in [0.05, 0.1) is 24.8 Å². The fourth-order valence-corrected chi connectivity index (χ4v) is 5.74. The molecule has 4 fully saturated rings. The Balaban J connectivity index is 0.00000173. The van der Waals surface area contributed by atoms with Gasteiger partial charge in [-0.1, -0.05) is 0 Å². The second-order valence-corrected chi connectivity index (χ2v) is 15.3. The lowest BCUT2D eigenvalue weighted by Gasteiger charge is -2.47. The molecule has 3 saturated heterocycles. The maximum atomic E-state index is 11.1. The quantitative estimate of drug-likeness (QED) is 0.0955. The van der Waals surface area contributed by atoms with Gasteiger partial charge in [0.25, 0.3) is 0 Å². The Morgan fingerprint density at radius 1 is 0.483 bits per heavy atom. The van der Waals surface area contributed by atoms with Crippen LogP contribution >= 0.6 is 0 Å². The van der Waals surface area contributed by atoms with Crippen LogP contribution in [0.15, 0.2) is 0 Å². The minimum Gasteiger partial charge on any atom is -0.412 e. The summed E-state index contributed by atoms with van der Waals surface area (Å²) in [6, 6.07) is -4.18. The average Bonchev–Trinajstić information content (AvgIpc) is 3.36. The highest BCUT2D eigenvalue weighted by atomic mass is 32.3. The first-order valence-corrected chi connectivity index (χ1v) is 20.2.